The Labute approximate surface area is 161 Å². The first-order chi connectivity index (χ1) is 12.4. The molecule has 0 aromatic rings. The maximum atomic E-state index is 12.0. The van der Waals surface area contributed by atoms with Gasteiger partial charge >= 0.3 is 0 Å². The van der Waals surface area contributed by atoms with Gasteiger partial charge in [-0.05, 0) is 22.9 Å². The molecule has 0 aromatic heterocycles. The van der Waals surface area contributed by atoms with E-state index in [0.717, 1.165) is 6.92 Å². The van der Waals surface area contributed by atoms with Gasteiger partial charge in [-0.2, -0.15) is 0 Å². The van der Waals surface area contributed by atoms with Crippen molar-refractivity contribution in [3.63, 3.8) is 0 Å². The van der Waals surface area contributed by atoms with E-state index >= 15 is 0 Å². The lowest BCUT2D eigenvalue weighted by Gasteiger charge is -2.52. The Kier molecular flexibility index (Phi) is 7.00. The molecule has 2 fully saturated rings. The fourth-order valence-corrected chi connectivity index (χ4v) is 3.82. The highest BCUT2D eigenvalue weighted by Gasteiger charge is 2.66. The van der Waals surface area contributed by atoms with Crippen LogP contribution in [-0.4, -0.2) is 119 Å². The van der Waals surface area contributed by atoms with Gasteiger partial charge in [0.15, 0.2) is 28.5 Å². The summed E-state index contributed by atoms with van der Waals surface area (Å²) >= 11 is 2.69. The number of hydrogen-bond acceptors (Lipinski definition) is 12. The third-order valence-electron chi connectivity index (χ3n) is 4.80. The van der Waals surface area contributed by atoms with Crippen LogP contribution in [0.5, 0.6) is 0 Å². The van der Waals surface area contributed by atoms with Gasteiger partial charge in [0, 0.05) is 0 Å². The van der Waals surface area contributed by atoms with Crippen LogP contribution in [0.3, 0.4) is 0 Å². The fourth-order valence-electron chi connectivity index (χ4n) is 3.05. The summed E-state index contributed by atoms with van der Waals surface area (Å²) in [4.78, 5) is 12.0. The molecule has 0 bridgehead atoms. The molecule has 2 aliphatic rings. The molecule has 27 heavy (non-hydrogen) atoms. The lowest BCUT2D eigenvalue weighted by molar-refractivity contribution is -0.371. The second kappa shape index (κ2) is 8.22. The van der Waals surface area contributed by atoms with Gasteiger partial charge in [0.1, 0.15) is 36.6 Å². The Hall–Kier alpha value is -0.290. The molecule has 0 aliphatic carbocycles. The zero-order valence-corrected chi connectivity index (χ0v) is 15.7. The second-order valence-corrected chi connectivity index (χ2v) is 7.67. The van der Waals surface area contributed by atoms with Crippen LogP contribution in [-0.2, 0) is 19.0 Å². The van der Waals surface area contributed by atoms with E-state index in [1.165, 1.54) is 0 Å². The van der Waals surface area contributed by atoms with E-state index < -0.39 is 78.3 Å². The summed E-state index contributed by atoms with van der Waals surface area (Å²) in [5.74, 6) is -0.918. The van der Waals surface area contributed by atoms with Gasteiger partial charge in [0.05, 0.1) is 13.2 Å². The van der Waals surface area contributed by atoms with Crippen molar-refractivity contribution in [3.8, 4) is 0 Å². The first-order valence-corrected chi connectivity index (χ1v) is 8.77. The van der Waals surface area contributed by atoms with Gasteiger partial charge in [0.25, 0.3) is 0 Å². The highest BCUT2D eigenvalue weighted by atomic mass is 79.9. The van der Waals surface area contributed by atoms with Crippen molar-refractivity contribution in [2.45, 2.75) is 66.2 Å². The van der Waals surface area contributed by atoms with Crippen molar-refractivity contribution >= 4 is 21.7 Å². The monoisotopic (exact) mass is 462 g/mol. The third-order valence-corrected chi connectivity index (χ3v) is 5.91. The molecule has 13 heteroatoms. The number of aliphatic hydroxyl groups is 8. The average Bonchev–Trinajstić information content (AvgIpc) is 2.61. The summed E-state index contributed by atoms with van der Waals surface area (Å²) < 4.78 is 12.9. The van der Waals surface area contributed by atoms with Gasteiger partial charge in [-0.1, -0.05) is 0 Å². The molecule has 2 aliphatic heterocycles. The minimum absolute atomic E-state index is 0.767. The molecule has 2 heterocycles. The Morgan fingerprint density at radius 2 is 1.70 bits per heavy atom. The highest BCUT2D eigenvalue weighted by Crippen LogP contribution is 2.44. The maximum Gasteiger partial charge on any atom is 0.193 e. The molecule has 158 valence electrons. The molecule has 0 saturated carbocycles. The normalized spacial score (nSPS) is 51.2. The van der Waals surface area contributed by atoms with Crippen LogP contribution in [0.1, 0.15) is 6.92 Å². The number of aliphatic hydroxyl groups excluding tert-OH is 7. The molecule has 8 N–H and O–H groups in total. The zero-order chi connectivity index (χ0) is 20.7. The third kappa shape index (κ3) is 3.68. The van der Waals surface area contributed by atoms with E-state index in [2.05, 4.69) is 15.9 Å². The lowest BCUT2D eigenvalue weighted by Crippen LogP contribution is -2.74. The predicted octanol–water partition coefficient (Wildman–Crippen LogP) is -4.72. The van der Waals surface area contributed by atoms with Crippen molar-refractivity contribution in [2.75, 3.05) is 13.2 Å². The van der Waals surface area contributed by atoms with Crippen LogP contribution in [0.15, 0.2) is 0 Å². The van der Waals surface area contributed by atoms with Crippen molar-refractivity contribution in [3.05, 3.63) is 0 Å². The van der Waals surface area contributed by atoms with Crippen LogP contribution in [0.25, 0.3) is 0 Å². The van der Waals surface area contributed by atoms with Crippen molar-refractivity contribution in [1.82, 2.24) is 0 Å². The van der Waals surface area contributed by atoms with Crippen molar-refractivity contribution in [2.24, 2.45) is 0 Å². The number of alkyl halides is 1. The van der Waals surface area contributed by atoms with E-state index in [1.54, 1.807) is 0 Å². The minimum Gasteiger partial charge on any atom is -0.394 e. The predicted molar refractivity (Wildman–Crippen MR) is 86.1 cm³/mol. The standard InChI is InChI=1S/C14H23BrO12/c1-4(18)13(3-17)14(15,24)10(22)8(21)12(27-13)26-9-5(2-16)25-11(23)7(20)6(9)19/h5-12,16-17,19-24H,2-3H2,1H3/t5-,6-,7-,8-,9-,10+,11-,12+,13-,14+/m1/s1. The molecule has 0 spiro atoms. The van der Waals surface area contributed by atoms with Gasteiger partial charge in [0.2, 0.25) is 0 Å². The van der Waals surface area contributed by atoms with Gasteiger partial charge < -0.3 is 55.1 Å². The smallest absolute Gasteiger partial charge is 0.193 e. The number of rotatable bonds is 5. The molecular weight excluding hydrogens is 440 g/mol. The SMILES string of the molecule is CC(=O)[C@@]1(CO)O[C@H](O[C@H]2[C@H](O)[C@@H](O)[C@H](O)O[C@@H]2CO)[C@H](O)[C@H](O)[C@@]1(O)Br. The molecule has 0 unspecified atom stereocenters. The molecule has 0 aromatic carbocycles. The van der Waals surface area contributed by atoms with E-state index in [9.17, 15) is 45.6 Å². The summed E-state index contributed by atoms with van der Waals surface area (Å²) in [6, 6.07) is 0. The Morgan fingerprint density at radius 1 is 1.11 bits per heavy atom. The first kappa shape index (κ1) is 23.0. The van der Waals surface area contributed by atoms with E-state index in [0.29, 0.717) is 0 Å². The number of carbonyl (C=O) groups excluding carboxylic acids is 1. The van der Waals surface area contributed by atoms with Gasteiger partial charge in [-0.25, -0.2) is 0 Å². The van der Waals surface area contributed by atoms with Crippen LogP contribution in [0.4, 0.5) is 0 Å². The molecular formula is C14H23BrO12. The summed E-state index contributed by atoms with van der Waals surface area (Å²) in [7, 11) is 0. The molecule has 0 amide bonds. The molecule has 0 radical (unpaired) electrons. The van der Waals surface area contributed by atoms with Gasteiger partial charge in [-0.3, -0.25) is 4.79 Å². The number of halogens is 1. The van der Waals surface area contributed by atoms with E-state index in [-0.39, 0.29) is 0 Å². The van der Waals surface area contributed by atoms with Crippen molar-refractivity contribution in [1.29, 1.82) is 0 Å². The second-order valence-electron chi connectivity index (χ2n) is 6.47. The summed E-state index contributed by atoms with van der Waals surface area (Å²) in [6.07, 6.45) is -14.3. The number of hydrogen-bond donors (Lipinski definition) is 8. The zero-order valence-electron chi connectivity index (χ0n) is 14.1. The van der Waals surface area contributed by atoms with Crippen LogP contribution in [0, 0.1) is 0 Å². The minimum atomic E-state index is -2.58. The molecule has 10 atom stereocenters. The van der Waals surface area contributed by atoms with E-state index in [4.69, 9.17) is 14.2 Å². The average molecular weight is 463 g/mol. The fraction of sp³-hybridized carbons (Fsp3) is 0.929. The van der Waals surface area contributed by atoms with Crippen molar-refractivity contribution < 1.29 is 59.9 Å². The first-order valence-electron chi connectivity index (χ1n) is 7.97. The summed E-state index contributed by atoms with van der Waals surface area (Å²) in [5.41, 5.74) is -2.44. The number of Topliss-reactive ketones (excluding diaryl/α,β-unsaturated/α-hetero) is 1. The highest BCUT2D eigenvalue weighted by molar-refractivity contribution is 9.10. The van der Waals surface area contributed by atoms with Gasteiger partial charge in [-0.15, -0.1) is 0 Å². The maximum absolute atomic E-state index is 12.0. The molecule has 2 saturated heterocycles. The largest absolute Gasteiger partial charge is 0.394 e. The quantitative estimate of drug-likeness (QED) is 0.181. The van der Waals surface area contributed by atoms with Crippen LogP contribution < -0.4 is 0 Å². The topological polar surface area (TPSA) is 207 Å². The number of carbonyl (C=O) groups is 1. The summed E-state index contributed by atoms with van der Waals surface area (Å²) in [5, 5.41) is 79.1. The molecule has 2 rings (SSSR count). The number of ether oxygens (including phenoxy) is 3. The van der Waals surface area contributed by atoms with Crippen LogP contribution in [0.2, 0.25) is 0 Å². The number of ketones is 1. The Morgan fingerprint density at radius 3 is 2.19 bits per heavy atom. The Balaban J connectivity index is 2.33. The van der Waals surface area contributed by atoms with Crippen LogP contribution >= 0.6 is 15.9 Å². The molecule has 12 nitrogen and oxygen atoms in total. The lowest BCUT2D eigenvalue weighted by atomic mass is 9.84. The van der Waals surface area contributed by atoms with E-state index in [1.807, 2.05) is 0 Å². The summed E-state index contributed by atoms with van der Waals surface area (Å²) in [6.45, 7) is -0.918. The Bertz CT molecular complexity index is 544.